The van der Waals surface area contributed by atoms with Gasteiger partial charge >= 0.3 is 6.09 Å². The Balaban J connectivity index is 1.73. The van der Waals surface area contributed by atoms with Crippen molar-refractivity contribution < 1.29 is 19.4 Å². The van der Waals surface area contributed by atoms with E-state index in [2.05, 4.69) is 0 Å². The molecule has 0 aromatic heterocycles. The maximum Gasteiger partial charge on any atom is 0.410 e. The van der Waals surface area contributed by atoms with E-state index in [1.54, 1.807) is 29.2 Å². The maximum atomic E-state index is 12.8. The number of aliphatic hydroxyl groups is 1. The van der Waals surface area contributed by atoms with Crippen molar-refractivity contribution >= 4 is 12.0 Å². The van der Waals surface area contributed by atoms with E-state index in [0.29, 0.717) is 25.2 Å². The zero-order valence-corrected chi connectivity index (χ0v) is 21.1. The van der Waals surface area contributed by atoms with E-state index in [9.17, 15) is 14.7 Å². The number of rotatable bonds is 6. The summed E-state index contributed by atoms with van der Waals surface area (Å²) >= 11 is 0. The molecule has 1 saturated heterocycles. The van der Waals surface area contributed by atoms with Crippen molar-refractivity contribution in [2.75, 3.05) is 19.6 Å². The minimum absolute atomic E-state index is 0.00239. The van der Waals surface area contributed by atoms with E-state index >= 15 is 0 Å². The monoisotopic (exact) mass is 466 g/mol. The molecule has 6 heteroatoms. The molecule has 0 saturated carbocycles. The van der Waals surface area contributed by atoms with Crippen LogP contribution in [0.1, 0.15) is 93.1 Å². The van der Waals surface area contributed by atoms with Crippen molar-refractivity contribution in [2.45, 2.75) is 71.6 Å². The highest BCUT2D eigenvalue weighted by molar-refractivity contribution is 5.94. The van der Waals surface area contributed by atoms with Gasteiger partial charge in [0, 0.05) is 25.2 Å². The topological polar surface area (TPSA) is 70.1 Å². The van der Waals surface area contributed by atoms with Crippen molar-refractivity contribution in [3.05, 3.63) is 70.8 Å². The summed E-state index contributed by atoms with van der Waals surface area (Å²) in [7, 11) is 0. The van der Waals surface area contributed by atoms with Crippen LogP contribution in [0.25, 0.3) is 0 Å². The molecule has 1 N–H and O–H groups in total. The van der Waals surface area contributed by atoms with E-state index in [0.717, 1.165) is 36.0 Å². The summed E-state index contributed by atoms with van der Waals surface area (Å²) in [4.78, 5) is 28.9. The standard InChI is InChI=1S/C28H38N2O4/c1-6-29(7-2)26(32)23-17-15-22(16-18-23)25(31)21-13-11-20(12-14-21)24-10-8-9-19-30(24)27(33)34-28(3,4)5/h11-18,24-25,31H,6-10,19H2,1-5H3. The first-order valence-corrected chi connectivity index (χ1v) is 12.3. The first-order valence-electron chi connectivity index (χ1n) is 12.3. The minimum atomic E-state index is -0.792. The van der Waals surface area contributed by atoms with Crippen LogP contribution in [0.15, 0.2) is 48.5 Å². The highest BCUT2D eigenvalue weighted by Gasteiger charge is 2.31. The van der Waals surface area contributed by atoms with Crippen LogP contribution in [-0.2, 0) is 4.74 Å². The quantitative estimate of drug-likeness (QED) is 0.592. The molecular weight excluding hydrogens is 428 g/mol. The first-order chi connectivity index (χ1) is 16.1. The lowest BCUT2D eigenvalue weighted by molar-refractivity contribution is 0.00949. The predicted octanol–water partition coefficient (Wildman–Crippen LogP) is 5.71. The molecule has 184 valence electrons. The van der Waals surface area contributed by atoms with Crippen LogP contribution in [0.2, 0.25) is 0 Å². The molecule has 0 spiro atoms. The fourth-order valence-corrected chi connectivity index (χ4v) is 4.41. The lowest BCUT2D eigenvalue weighted by Gasteiger charge is -2.37. The molecule has 2 unspecified atom stereocenters. The highest BCUT2D eigenvalue weighted by atomic mass is 16.6. The average Bonchev–Trinajstić information content (AvgIpc) is 2.83. The smallest absolute Gasteiger partial charge is 0.410 e. The Morgan fingerprint density at radius 3 is 2.09 bits per heavy atom. The Kier molecular flexibility index (Phi) is 8.37. The molecule has 1 aliphatic heterocycles. The third-order valence-electron chi connectivity index (χ3n) is 6.29. The SMILES string of the molecule is CCN(CC)C(=O)c1ccc(C(O)c2ccc(C3CCCCN3C(=O)OC(C)(C)C)cc2)cc1. The molecule has 1 heterocycles. The minimum Gasteiger partial charge on any atom is -0.444 e. The van der Waals surface area contributed by atoms with Gasteiger partial charge in [-0.15, -0.1) is 0 Å². The van der Waals surface area contributed by atoms with Crippen molar-refractivity contribution in [1.82, 2.24) is 9.80 Å². The van der Waals surface area contributed by atoms with E-state index < -0.39 is 11.7 Å². The van der Waals surface area contributed by atoms with Crippen molar-refractivity contribution in [2.24, 2.45) is 0 Å². The highest BCUT2D eigenvalue weighted by Crippen LogP contribution is 2.33. The molecule has 3 rings (SSSR count). The van der Waals surface area contributed by atoms with Gasteiger partial charge in [-0.2, -0.15) is 0 Å². The van der Waals surface area contributed by atoms with E-state index in [1.165, 1.54) is 0 Å². The van der Waals surface area contributed by atoms with Crippen LogP contribution in [-0.4, -0.2) is 52.1 Å². The summed E-state index contributed by atoms with van der Waals surface area (Å²) in [6, 6.07) is 14.9. The van der Waals surface area contributed by atoms with Crippen molar-refractivity contribution in [1.29, 1.82) is 0 Å². The molecule has 34 heavy (non-hydrogen) atoms. The molecule has 0 radical (unpaired) electrons. The lowest BCUT2D eigenvalue weighted by atomic mass is 9.93. The number of amides is 2. The molecule has 2 atom stereocenters. The normalized spacial score (nSPS) is 17.2. The van der Waals surface area contributed by atoms with Crippen LogP contribution >= 0.6 is 0 Å². The Morgan fingerprint density at radius 1 is 1.00 bits per heavy atom. The maximum absolute atomic E-state index is 12.8. The van der Waals surface area contributed by atoms with Gasteiger partial charge in [-0.25, -0.2) is 4.79 Å². The summed E-state index contributed by atoms with van der Waals surface area (Å²) < 4.78 is 5.62. The summed E-state index contributed by atoms with van der Waals surface area (Å²) in [5.74, 6) is -0.00239. The summed E-state index contributed by atoms with van der Waals surface area (Å²) in [5.41, 5.74) is 2.64. The zero-order valence-electron chi connectivity index (χ0n) is 21.1. The van der Waals surface area contributed by atoms with Crippen LogP contribution in [0, 0.1) is 0 Å². The van der Waals surface area contributed by atoms with Crippen LogP contribution in [0.4, 0.5) is 4.79 Å². The second kappa shape index (κ2) is 11.0. The molecule has 0 aliphatic carbocycles. The molecule has 6 nitrogen and oxygen atoms in total. The number of carbonyl (C=O) groups is 2. The number of carbonyl (C=O) groups excluding carboxylic acids is 2. The Hall–Kier alpha value is -2.86. The largest absolute Gasteiger partial charge is 0.444 e. The van der Waals surface area contributed by atoms with Gasteiger partial charge in [0.05, 0.1) is 6.04 Å². The van der Waals surface area contributed by atoms with Gasteiger partial charge in [-0.3, -0.25) is 4.79 Å². The van der Waals surface area contributed by atoms with E-state index in [-0.39, 0.29) is 18.0 Å². The molecule has 2 aromatic carbocycles. The third kappa shape index (κ3) is 6.17. The van der Waals surface area contributed by atoms with Gasteiger partial charge in [-0.1, -0.05) is 36.4 Å². The van der Waals surface area contributed by atoms with Gasteiger partial charge < -0.3 is 19.6 Å². The van der Waals surface area contributed by atoms with Crippen molar-refractivity contribution in [3.63, 3.8) is 0 Å². The average molecular weight is 467 g/mol. The number of nitrogens with zero attached hydrogens (tertiary/aromatic N) is 2. The summed E-state index contributed by atoms with van der Waals surface area (Å²) in [6.07, 6.45) is 1.86. The first kappa shape index (κ1) is 25.8. The molecule has 1 aliphatic rings. The number of hydrogen-bond donors (Lipinski definition) is 1. The Bertz CT molecular complexity index is 959. The zero-order chi connectivity index (χ0) is 24.9. The number of likely N-dealkylation sites (tertiary alicyclic amines) is 1. The van der Waals surface area contributed by atoms with Gasteiger partial charge in [0.1, 0.15) is 11.7 Å². The van der Waals surface area contributed by atoms with Crippen molar-refractivity contribution in [3.8, 4) is 0 Å². The molecular formula is C28H38N2O4. The summed E-state index contributed by atoms with van der Waals surface area (Å²) in [5, 5.41) is 10.9. The van der Waals surface area contributed by atoms with Gasteiger partial charge in [-0.05, 0) is 82.7 Å². The molecule has 2 aromatic rings. The van der Waals surface area contributed by atoms with Gasteiger partial charge in [0.25, 0.3) is 5.91 Å². The fraction of sp³-hybridized carbons (Fsp3) is 0.500. The second-order valence-corrected chi connectivity index (χ2v) is 9.85. The van der Waals surface area contributed by atoms with Crippen LogP contribution in [0.5, 0.6) is 0 Å². The van der Waals surface area contributed by atoms with Gasteiger partial charge in [0.15, 0.2) is 0 Å². The number of aliphatic hydroxyl groups excluding tert-OH is 1. The number of piperidine rings is 1. The fourth-order valence-electron chi connectivity index (χ4n) is 4.41. The predicted molar refractivity (Wildman–Crippen MR) is 134 cm³/mol. The molecule has 1 fully saturated rings. The number of benzene rings is 2. The Morgan fingerprint density at radius 2 is 1.56 bits per heavy atom. The lowest BCUT2D eigenvalue weighted by Crippen LogP contribution is -2.41. The van der Waals surface area contributed by atoms with Crippen LogP contribution < -0.4 is 0 Å². The second-order valence-electron chi connectivity index (χ2n) is 9.85. The molecule has 2 amide bonds. The van der Waals surface area contributed by atoms with Crippen LogP contribution in [0.3, 0.4) is 0 Å². The number of hydrogen-bond acceptors (Lipinski definition) is 4. The van der Waals surface area contributed by atoms with E-state index in [1.807, 2.05) is 63.8 Å². The van der Waals surface area contributed by atoms with Gasteiger partial charge in [0.2, 0.25) is 0 Å². The van der Waals surface area contributed by atoms with E-state index in [4.69, 9.17) is 4.74 Å². The number of ether oxygens (including phenoxy) is 1. The molecule has 0 bridgehead atoms. The Labute approximate surface area is 203 Å². The third-order valence-corrected chi connectivity index (χ3v) is 6.29. The summed E-state index contributed by atoms with van der Waals surface area (Å²) in [6.45, 7) is 11.6.